The monoisotopic (exact) mass is 130 g/mol. The summed E-state index contributed by atoms with van der Waals surface area (Å²) in [7, 11) is 0. The highest BCUT2D eigenvalue weighted by atomic mass is 32.2. The van der Waals surface area contributed by atoms with E-state index in [4.69, 9.17) is 5.73 Å². The molecule has 0 aliphatic carbocycles. The summed E-state index contributed by atoms with van der Waals surface area (Å²) in [6.07, 6.45) is 3.07. The summed E-state index contributed by atoms with van der Waals surface area (Å²) in [6, 6.07) is 0. The summed E-state index contributed by atoms with van der Waals surface area (Å²) in [5.41, 5.74) is 5.60. The molecule has 0 aromatic carbocycles. The van der Waals surface area contributed by atoms with Gasteiger partial charge in [-0.1, -0.05) is 18.7 Å². The summed E-state index contributed by atoms with van der Waals surface area (Å²) in [4.78, 5) is 1.34. The average Bonchev–Trinajstić information content (AvgIpc) is 2.14. The van der Waals surface area contributed by atoms with E-state index in [0.29, 0.717) is 0 Å². The first-order valence-corrected chi connectivity index (χ1v) is 3.58. The Bertz CT molecular complexity index is 111. The van der Waals surface area contributed by atoms with E-state index >= 15 is 0 Å². The number of thioether (sulfide) groups is 1. The molecular formula is C5H10N2S. The van der Waals surface area contributed by atoms with Gasteiger partial charge in [-0.2, -0.15) is 0 Å². The van der Waals surface area contributed by atoms with Crippen LogP contribution in [0.2, 0.25) is 0 Å². The quantitative estimate of drug-likeness (QED) is 0.552. The van der Waals surface area contributed by atoms with Crippen molar-refractivity contribution in [2.75, 3.05) is 0 Å². The van der Waals surface area contributed by atoms with Crippen LogP contribution in [-0.2, 0) is 0 Å². The predicted octanol–water partition coefficient (Wildman–Crippen LogP) is 0.817. The van der Waals surface area contributed by atoms with Crippen molar-refractivity contribution in [2.24, 2.45) is 5.73 Å². The minimum absolute atomic E-state index is 0.102. The molecule has 3 heteroatoms. The second kappa shape index (κ2) is 2.42. The molecule has 0 aromatic rings. The highest BCUT2D eigenvalue weighted by molar-refractivity contribution is 8.03. The van der Waals surface area contributed by atoms with Gasteiger partial charge >= 0.3 is 0 Å². The summed E-state index contributed by atoms with van der Waals surface area (Å²) < 4.78 is 0. The van der Waals surface area contributed by atoms with E-state index in [1.807, 2.05) is 6.20 Å². The maximum absolute atomic E-state index is 5.50. The standard InChI is InChI=1S/C5H10N2S/c1-2-4-3-7-5(6)8-4/h3,5,7H,2,6H2,1H3/t5-/m0/s1. The zero-order valence-electron chi connectivity index (χ0n) is 4.85. The first-order chi connectivity index (χ1) is 3.83. The van der Waals surface area contributed by atoms with Crippen LogP contribution in [-0.4, -0.2) is 5.50 Å². The van der Waals surface area contributed by atoms with Gasteiger partial charge in [0, 0.05) is 11.1 Å². The number of nitrogens with one attached hydrogen (secondary N) is 1. The molecule has 0 saturated heterocycles. The fourth-order valence-electron chi connectivity index (χ4n) is 0.592. The van der Waals surface area contributed by atoms with Crippen LogP contribution in [0.3, 0.4) is 0 Å². The van der Waals surface area contributed by atoms with E-state index in [2.05, 4.69) is 12.2 Å². The highest BCUT2D eigenvalue weighted by Crippen LogP contribution is 2.24. The third-order valence-corrected chi connectivity index (χ3v) is 2.13. The van der Waals surface area contributed by atoms with Crippen LogP contribution in [0.25, 0.3) is 0 Å². The van der Waals surface area contributed by atoms with Gasteiger partial charge in [-0.05, 0) is 6.42 Å². The zero-order valence-corrected chi connectivity index (χ0v) is 5.66. The molecule has 1 aliphatic rings. The lowest BCUT2D eigenvalue weighted by atomic mass is 10.5. The molecule has 0 radical (unpaired) electrons. The van der Waals surface area contributed by atoms with Crippen LogP contribution in [0.5, 0.6) is 0 Å². The molecule has 0 amide bonds. The summed E-state index contributed by atoms with van der Waals surface area (Å²) in [5, 5.41) is 3.00. The summed E-state index contributed by atoms with van der Waals surface area (Å²) in [5.74, 6) is 0. The van der Waals surface area contributed by atoms with Crippen molar-refractivity contribution in [3.63, 3.8) is 0 Å². The molecule has 0 unspecified atom stereocenters. The molecule has 2 nitrogen and oxygen atoms in total. The van der Waals surface area contributed by atoms with Crippen molar-refractivity contribution in [1.82, 2.24) is 5.32 Å². The van der Waals surface area contributed by atoms with Crippen molar-refractivity contribution in [3.05, 3.63) is 11.1 Å². The Morgan fingerprint density at radius 2 is 2.75 bits per heavy atom. The van der Waals surface area contributed by atoms with E-state index in [0.717, 1.165) is 6.42 Å². The van der Waals surface area contributed by atoms with Crippen molar-refractivity contribution in [3.8, 4) is 0 Å². The number of hydrogen-bond donors (Lipinski definition) is 2. The van der Waals surface area contributed by atoms with Gasteiger partial charge in [0.25, 0.3) is 0 Å². The number of nitrogens with two attached hydrogens (primary N) is 1. The molecule has 3 N–H and O–H groups in total. The summed E-state index contributed by atoms with van der Waals surface area (Å²) >= 11 is 1.69. The first kappa shape index (κ1) is 5.98. The minimum Gasteiger partial charge on any atom is -0.367 e. The Kier molecular flexibility index (Phi) is 1.81. The predicted molar refractivity (Wildman–Crippen MR) is 37.1 cm³/mol. The molecule has 0 fully saturated rings. The maximum atomic E-state index is 5.50. The molecule has 1 rings (SSSR count). The van der Waals surface area contributed by atoms with Gasteiger partial charge in [-0.3, -0.25) is 0 Å². The van der Waals surface area contributed by atoms with E-state index in [-0.39, 0.29) is 5.50 Å². The number of hydrogen-bond acceptors (Lipinski definition) is 3. The van der Waals surface area contributed by atoms with E-state index < -0.39 is 0 Å². The molecule has 1 aliphatic heterocycles. The molecule has 8 heavy (non-hydrogen) atoms. The molecule has 0 spiro atoms. The van der Waals surface area contributed by atoms with Crippen molar-refractivity contribution >= 4 is 11.8 Å². The molecule has 46 valence electrons. The van der Waals surface area contributed by atoms with Gasteiger partial charge in [0.15, 0.2) is 0 Å². The normalized spacial score (nSPS) is 27.2. The van der Waals surface area contributed by atoms with E-state index in [9.17, 15) is 0 Å². The maximum Gasteiger partial charge on any atom is 0.127 e. The van der Waals surface area contributed by atoms with Crippen LogP contribution in [0.4, 0.5) is 0 Å². The Labute approximate surface area is 53.5 Å². The lowest BCUT2D eigenvalue weighted by Gasteiger charge is -1.99. The molecule has 1 heterocycles. The number of rotatable bonds is 1. The fourth-order valence-corrected chi connectivity index (χ4v) is 1.36. The minimum atomic E-state index is 0.102. The van der Waals surface area contributed by atoms with Gasteiger partial charge in [0.2, 0.25) is 0 Å². The molecule has 0 aromatic heterocycles. The van der Waals surface area contributed by atoms with Crippen LogP contribution < -0.4 is 11.1 Å². The fraction of sp³-hybridized carbons (Fsp3) is 0.600. The topological polar surface area (TPSA) is 38.0 Å². The molecule has 0 saturated carbocycles. The van der Waals surface area contributed by atoms with E-state index in [1.165, 1.54) is 4.91 Å². The van der Waals surface area contributed by atoms with Crippen LogP contribution in [0, 0.1) is 0 Å². The van der Waals surface area contributed by atoms with Crippen molar-refractivity contribution in [1.29, 1.82) is 0 Å². The number of allylic oxidation sites excluding steroid dienone is 1. The second-order valence-corrected chi connectivity index (χ2v) is 2.94. The lowest BCUT2D eigenvalue weighted by molar-refractivity contribution is 0.835. The Balaban J connectivity index is 2.37. The van der Waals surface area contributed by atoms with Crippen LogP contribution in [0.15, 0.2) is 11.1 Å². The molecule has 1 atom stereocenters. The SMILES string of the molecule is CCC1=CN[C@H](N)S1. The molecular weight excluding hydrogens is 120 g/mol. The summed E-state index contributed by atoms with van der Waals surface area (Å²) in [6.45, 7) is 2.12. The largest absolute Gasteiger partial charge is 0.367 e. The van der Waals surface area contributed by atoms with Gasteiger partial charge in [0.1, 0.15) is 5.50 Å². The molecule has 0 bridgehead atoms. The van der Waals surface area contributed by atoms with Gasteiger partial charge in [-0.15, -0.1) is 0 Å². The smallest absolute Gasteiger partial charge is 0.127 e. The Morgan fingerprint density at radius 1 is 2.00 bits per heavy atom. The van der Waals surface area contributed by atoms with Crippen LogP contribution in [0.1, 0.15) is 13.3 Å². The van der Waals surface area contributed by atoms with Crippen molar-refractivity contribution in [2.45, 2.75) is 18.8 Å². The highest BCUT2D eigenvalue weighted by Gasteiger charge is 2.09. The Morgan fingerprint density at radius 3 is 3.00 bits per heavy atom. The first-order valence-electron chi connectivity index (χ1n) is 2.70. The zero-order chi connectivity index (χ0) is 5.98. The van der Waals surface area contributed by atoms with Crippen molar-refractivity contribution < 1.29 is 0 Å². The van der Waals surface area contributed by atoms with E-state index in [1.54, 1.807) is 11.8 Å². The average molecular weight is 130 g/mol. The van der Waals surface area contributed by atoms with Gasteiger partial charge < -0.3 is 11.1 Å². The third-order valence-electron chi connectivity index (χ3n) is 1.04. The van der Waals surface area contributed by atoms with Gasteiger partial charge in [0.05, 0.1) is 0 Å². The Hall–Kier alpha value is -0.150. The third kappa shape index (κ3) is 1.17. The van der Waals surface area contributed by atoms with Gasteiger partial charge in [-0.25, -0.2) is 0 Å². The lowest BCUT2D eigenvalue weighted by Crippen LogP contribution is -2.25. The second-order valence-electron chi connectivity index (χ2n) is 1.67. The van der Waals surface area contributed by atoms with Crippen LogP contribution >= 0.6 is 11.8 Å².